The van der Waals surface area contributed by atoms with Gasteiger partial charge in [-0.2, -0.15) is 5.10 Å². The average molecular weight is 375 g/mol. The second-order valence-corrected chi connectivity index (χ2v) is 9.77. The average Bonchev–Trinajstić information content (AvgIpc) is 3.21. The van der Waals surface area contributed by atoms with Crippen LogP contribution in [0, 0.1) is 5.92 Å². The lowest BCUT2D eigenvalue weighted by Crippen LogP contribution is -2.31. The highest BCUT2D eigenvalue weighted by molar-refractivity contribution is 7.91. The van der Waals surface area contributed by atoms with Gasteiger partial charge in [0.2, 0.25) is 0 Å². The fourth-order valence-electron chi connectivity index (χ4n) is 3.90. The van der Waals surface area contributed by atoms with Gasteiger partial charge in [-0.15, -0.1) is 0 Å². The maximum atomic E-state index is 11.9. The molecule has 0 unspecified atom stereocenters. The van der Waals surface area contributed by atoms with E-state index in [-0.39, 0.29) is 17.5 Å². The molecule has 0 N–H and O–H groups in total. The maximum Gasteiger partial charge on any atom is 0.158 e. The third-order valence-corrected chi connectivity index (χ3v) is 7.23. The molecular formula is C18H25N5O2S. The van der Waals surface area contributed by atoms with Crippen LogP contribution in [0.2, 0.25) is 0 Å². The first-order valence-corrected chi connectivity index (χ1v) is 11.1. The summed E-state index contributed by atoms with van der Waals surface area (Å²) in [5.41, 5.74) is 0.937. The third-order valence-electron chi connectivity index (χ3n) is 5.48. The predicted octanol–water partition coefficient (Wildman–Crippen LogP) is 1.58. The van der Waals surface area contributed by atoms with Crippen molar-refractivity contribution in [3.8, 4) is 11.4 Å². The van der Waals surface area contributed by atoms with Crippen molar-refractivity contribution in [2.75, 3.05) is 31.6 Å². The highest BCUT2D eigenvalue weighted by atomic mass is 32.2. The molecule has 2 aromatic heterocycles. The van der Waals surface area contributed by atoms with Gasteiger partial charge in [0, 0.05) is 24.4 Å². The second-order valence-electron chi connectivity index (χ2n) is 7.54. The zero-order valence-corrected chi connectivity index (χ0v) is 15.9. The minimum absolute atomic E-state index is 0.123. The van der Waals surface area contributed by atoms with E-state index in [2.05, 4.69) is 16.9 Å². The number of nitrogens with zero attached hydrogens (tertiary/aromatic N) is 5. The van der Waals surface area contributed by atoms with Crippen molar-refractivity contribution >= 4 is 9.84 Å². The Morgan fingerprint density at radius 3 is 2.54 bits per heavy atom. The molecule has 4 rings (SSSR count). The molecule has 0 aromatic carbocycles. The number of rotatable bonds is 4. The fourth-order valence-corrected chi connectivity index (χ4v) is 5.59. The molecule has 2 aliphatic heterocycles. The molecule has 0 spiro atoms. The summed E-state index contributed by atoms with van der Waals surface area (Å²) in [4.78, 5) is 11.2. The van der Waals surface area contributed by atoms with E-state index in [0.29, 0.717) is 12.3 Å². The topological polar surface area (TPSA) is 81.0 Å². The molecule has 4 heterocycles. The summed E-state index contributed by atoms with van der Waals surface area (Å²) < 4.78 is 25.7. The molecule has 2 saturated heterocycles. The molecule has 7 nitrogen and oxygen atoms in total. The SMILES string of the molecule is CN1CCC(Cc2nc(-c3ccncc3)n([C@@H]3CCS(=O)(=O)C3)n2)CC1. The smallest absolute Gasteiger partial charge is 0.158 e. The quantitative estimate of drug-likeness (QED) is 0.807. The number of pyridine rings is 1. The Bertz CT molecular complexity index is 857. The normalized spacial score (nSPS) is 24.1. The van der Waals surface area contributed by atoms with E-state index in [1.165, 1.54) is 0 Å². The van der Waals surface area contributed by atoms with Gasteiger partial charge in [0.15, 0.2) is 21.5 Å². The number of aromatic nitrogens is 4. The van der Waals surface area contributed by atoms with Gasteiger partial charge >= 0.3 is 0 Å². The Morgan fingerprint density at radius 1 is 1.15 bits per heavy atom. The maximum absolute atomic E-state index is 11.9. The summed E-state index contributed by atoms with van der Waals surface area (Å²) in [5, 5.41) is 4.75. The molecule has 0 bridgehead atoms. The van der Waals surface area contributed by atoms with Crippen LogP contribution in [-0.4, -0.2) is 64.7 Å². The molecule has 140 valence electrons. The standard InChI is InChI=1S/C18H25N5O2S/c1-22-9-4-14(5-10-22)12-17-20-18(15-2-7-19-8-3-15)23(21-17)16-6-11-26(24,25)13-16/h2-3,7-8,14,16H,4-6,9-13H2,1H3/t16-/m1/s1. The number of piperidine rings is 1. The van der Waals surface area contributed by atoms with Crippen molar-refractivity contribution in [1.82, 2.24) is 24.6 Å². The molecule has 2 fully saturated rings. The van der Waals surface area contributed by atoms with E-state index >= 15 is 0 Å². The number of sulfone groups is 1. The van der Waals surface area contributed by atoms with E-state index < -0.39 is 9.84 Å². The summed E-state index contributed by atoms with van der Waals surface area (Å²) in [6.45, 7) is 2.23. The molecule has 0 amide bonds. The zero-order chi connectivity index (χ0) is 18.1. The van der Waals surface area contributed by atoms with Gasteiger partial charge in [0.05, 0.1) is 17.5 Å². The lowest BCUT2D eigenvalue weighted by atomic mass is 9.94. The highest BCUT2D eigenvalue weighted by Crippen LogP contribution is 2.29. The van der Waals surface area contributed by atoms with Crippen molar-refractivity contribution in [3.05, 3.63) is 30.4 Å². The Morgan fingerprint density at radius 2 is 1.88 bits per heavy atom. The van der Waals surface area contributed by atoms with Crippen LogP contribution in [0.5, 0.6) is 0 Å². The third kappa shape index (κ3) is 3.81. The van der Waals surface area contributed by atoms with Gasteiger partial charge in [0.1, 0.15) is 0 Å². The van der Waals surface area contributed by atoms with Crippen molar-refractivity contribution in [2.24, 2.45) is 5.92 Å². The summed E-state index contributed by atoms with van der Waals surface area (Å²) in [7, 11) is -0.815. The van der Waals surface area contributed by atoms with Crippen LogP contribution in [0.3, 0.4) is 0 Å². The molecule has 2 aliphatic rings. The van der Waals surface area contributed by atoms with Gasteiger partial charge in [-0.3, -0.25) is 4.98 Å². The minimum Gasteiger partial charge on any atom is -0.306 e. The summed E-state index contributed by atoms with van der Waals surface area (Å²) >= 11 is 0. The number of hydrogen-bond acceptors (Lipinski definition) is 6. The molecule has 0 aliphatic carbocycles. The molecule has 26 heavy (non-hydrogen) atoms. The molecule has 0 saturated carbocycles. The zero-order valence-electron chi connectivity index (χ0n) is 15.1. The number of hydrogen-bond donors (Lipinski definition) is 0. The van der Waals surface area contributed by atoms with E-state index in [9.17, 15) is 8.42 Å². The Kier molecular flexibility index (Phi) is 4.79. The van der Waals surface area contributed by atoms with E-state index in [4.69, 9.17) is 10.1 Å². The lowest BCUT2D eigenvalue weighted by molar-refractivity contribution is 0.217. The van der Waals surface area contributed by atoms with E-state index in [1.54, 1.807) is 12.4 Å². The van der Waals surface area contributed by atoms with Crippen molar-refractivity contribution in [3.63, 3.8) is 0 Å². The Balaban J connectivity index is 1.62. The van der Waals surface area contributed by atoms with Gasteiger partial charge in [0.25, 0.3) is 0 Å². The van der Waals surface area contributed by atoms with Gasteiger partial charge in [-0.25, -0.2) is 18.1 Å². The van der Waals surface area contributed by atoms with Gasteiger partial charge < -0.3 is 4.90 Å². The molecule has 1 atom stereocenters. The summed E-state index contributed by atoms with van der Waals surface area (Å²) in [6.07, 6.45) is 7.25. The lowest BCUT2D eigenvalue weighted by Gasteiger charge is -2.28. The van der Waals surface area contributed by atoms with Crippen LogP contribution in [0.1, 0.15) is 31.1 Å². The van der Waals surface area contributed by atoms with E-state index in [1.807, 2.05) is 16.8 Å². The monoisotopic (exact) mass is 375 g/mol. The molecular weight excluding hydrogens is 350 g/mol. The first kappa shape index (κ1) is 17.6. The van der Waals surface area contributed by atoms with Crippen LogP contribution >= 0.6 is 0 Å². The van der Waals surface area contributed by atoms with Gasteiger partial charge in [-0.05, 0) is 57.5 Å². The van der Waals surface area contributed by atoms with Crippen LogP contribution in [-0.2, 0) is 16.3 Å². The minimum atomic E-state index is -2.97. The van der Waals surface area contributed by atoms with Crippen molar-refractivity contribution in [1.29, 1.82) is 0 Å². The first-order valence-electron chi connectivity index (χ1n) is 9.25. The summed E-state index contributed by atoms with van der Waals surface area (Å²) in [6, 6.07) is 3.69. The second kappa shape index (κ2) is 7.08. The van der Waals surface area contributed by atoms with Crippen molar-refractivity contribution < 1.29 is 8.42 Å². The highest BCUT2D eigenvalue weighted by Gasteiger charge is 2.32. The Hall–Kier alpha value is -1.80. The van der Waals surface area contributed by atoms with Crippen molar-refractivity contribution in [2.45, 2.75) is 31.7 Å². The molecule has 2 aromatic rings. The molecule has 8 heteroatoms. The van der Waals surface area contributed by atoms with Crippen LogP contribution < -0.4 is 0 Å². The van der Waals surface area contributed by atoms with Crippen LogP contribution in [0.15, 0.2) is 24.5 Å². The van der Waals surface area contributed by atoms with Crippen LogP contribution in [0.25, 0.3) is 11.4 Å². The largest absolute Gasteiger partial charge is 0.306 e. The fraction of sp³-hybridized carbons (Fsp3) is 0.611. The molecule has 0 radical (unpaired) electrons. The van der Waals surface area contributed by atoms with Gasteiger partial charge in [-0.1, -0.05) is 0 Å². The Labute approximate surface area is 154 Å². The predicted molar refractivity (Wildman–Crippen MR) is 99.5 cm³/mol. The van der Waals surface area contributed by atoms with Crippen LogP contribution in [0.4, 0.5) is 0 Å². The summed E-state index contributed by atoms with van der Waals surface area (Å²) in [5.74, 6) is 2.58. The number of likely N-dealkylation sites (tertiary alicyclic amines) is 1. The first-order chi connectivity index (χ1) is 12.5. The van der Waals surface area contributed by atoms with E-state index in [0.717, 1.165) is 49.6 Å².